The molecule has 0 amide bonds. The first kappa shape index (κ1) is 7.90. The molecule has 0 unspecified atom stereocenters. The Morgan fingerprint density at radius 2 is 2.25 bits per heavy atom. The summed E-state index contributed by atoms with van der Waals surface area (Å²) >= 11 is 7.36. The van der Waals surface area contributed by atoms with Crippen molar-refractivity contribution < 1.29 is 4.42 Å². The van der Waals surface area contributed by atoms with Crippen LogP contribution in [0.4, 0.5) is 0 Å². The van der Waals surface area contributed by atoms with Crippen LogP contribution in [0.1, 0.15) is 4.88 Å². The summed E-state index contributed by atoms with van der Waals surface area (Å²) < 4.78 is 5.25. The van der Waals surface area contributed by atoms with E-state index in [1.54, 1.807) is 17.4 Å². The highest BCUT2D eigenvalue weighted by Crippen LogP contribution is 2.28. The highest BCUT2D eigenvalue weighted by Gasteiger charge is 2.03. The van der Waals surface area contributed by atoms with E-state index >= 15 is 0 Å². The minimum absolute atomic E-state index is 0.439. The summed E-state index contributed by atoms with van der Waals surface area (Å²) in [5.41, 5.74) is 1.10. The van der Waals surface area contributed by atoms with Crippen LogP contribution in [0.15, 0.2) is 28.0 Å². The van der Waals surface area contributed by atoms with E-state index in [4.69, 9.17) is 16.0 Å². The van der Waals surface area contributed by atoms with Gasteiger partial charge in [-0.25, -0.2) is 0 Å². The highest BCUT2D eigenvalue weighted by atomic mass is 35.5. The quantitative estimate of drug-likeness (QED) is 0.676. The number of thiophene rings is 1. The van der Waals surface area contributed by atoms with Crippen LogP contribution in [0.3, 0.4) is 0 Å². The number of hydrogen-bond donors (Lipinski definition) is 0. The molecule has 1 nitrogen and oxygen atoms in total. The second-order valence-electron chi connectivity index (χ2n) is 2.55. The number of furan rings is 1. The lowest BCUT2D eigenvalue weighted by molar-refractivity contribution is 0.584. The highest BCUT2D eigenvalue weighted by molar-refractivity contribution is 7.10. The predicted octanol–water partition coefficient (Wildman–Crippen LogP) is 3.97. The molecule has 0 fully saturated rings. The molecule has 3 heteroatoms. The molecule has 0 saturated carbocycles. The van der Waals surface area contributed by atoms with Gasteiger partial charge in [0.1, 0.15) is 5.76 Å². The molecule has 0 aliphatic heterocycles. The lowest BCUT2D eigenvalue weighted by Crippen LogP contribution is -1.63. The van der Waals surface area contributed by atoms with Gasteiger partial charge < -0.3 is 4.42 Å². The molecule has 2 heterocycles. The first-order chi connectivity index (χ1) is 5.75. The predicted molar refractivity (Wildman–Crippen MR) is 51.8 cm³/mol. The first-order valence-corrected chi connectivity index (χ1v) is 4.82. The van der Waals surface area contributed by atoms with E-state index < -0.39 is 0 Å². The van der Waals surface area contributed by atoms with Crippen LogP contribution in [-0.4, -0.2) is 0 Å². The van der Waals surface area contributed by atoms with Crippen molar-refractivity contribution in [3.8, 4) is 11.3 Å². The van der Waals surface area contributed by atoms with Crippen LogP contribution >= 0.6 is 22.9 Å². The largest absolute Gasteiger partial charge is 0.445 e. The molecule has 0 bridgehead atoms. The van der Waals surface area contributed by atoms with Gasteiger partial charge in [-0.3, -0.25) is 0 Å². The molecule has 0 aliphatic rings. The van der Waals surface area contributed by atoms with Crippen LogP contribution in [0, 0.1) is 6.92 Å². The number of aryl methyl sites for hydroxylation is 1. The van der Waals surface area contributed by atoms with Crippen molar-refractivity contribution >= 4 is 22.9 Å². The second kappa shape index (κ2) is 2.96. The van der Waals surface area contributed by atoms with E-state index in [1.165, 1.54) is 4.88 Å². The fourth-order valence-electron chi connectivity index (χ4n) is 1.04. The molecule has 0 saturated heterocycles. The number of halogens is 1. The Hall–Kier alpha value is -0.730. The normalized spacial score (nSPS) is 10.5. The minimum Gasteiger partial charge on any atom is -0.445 e. The van der Waals surface area contributed by atoms with Gasteiger partial charge in [0.15, 0.2) is 5.22 Å². The molecular weight excluding hydrogens is 192 g/mol. The Morgan fingerprint density at radius 1 is 1.42 bits per heavy atom. The zero-order chi connectivity index (χ0) is 8.55. The van der Waals surface area contributed by atoms with Crippen molar-refractivity contribution in [2.45, 2.75) is 6.92 Å². The zero-order valence-corrected chi connectivity index (χ0v) is 8.08. The maximum absolute atomic E-state index is 5.65. The van der Waals surface area contributed by atoms with Crippen molar-refractivity contribution in [2.24, 2.45) is 0 Å². The van der Waals surface area contributed by atoms with Crippen LogP contribution in [0.25, 0.3) is 11.3 Å². The standard InChI is InChI=1S/C9H7ClOS/c1-6-4-7(5-12-6)8-2-3-9(10)11-8/h2-5H,1H3. The maximum atomic E-state index is 5.65. The Labute approximate surface area is 79.6 Å². The third kappa shape index (κ3) is 1.40. The third-order valence-corrected chi connectivity index (χ3v) is 2.65. The summed E-state index contributed by atoms with van der Waals surface area (Å²) in [7, 11) is 0. The van der Waals surface area contributed by atoms with Gasteiger partial charge in [-0.15, -0.1) is 11.3 Å². The molecule has 62 valence electrons. The Kier molecular flexibility index (Phi) is 1.95. The summed E-state index contributed by atoms with van der Waals surface area (Å²) in [6.45, 7) is 2.07. The molecule has 0 spiro atoms. The van der Waals surface area contributed by atoms with E-state index in [0.717, 1.165) is 11.3 Å². The average molecular weight is 199 g/mol. The molecule has 0 aromatic carbocycles. The van der Waals surface area contributed by atoms with Crippen molar-refractivity contribution in [2.75, 3.05) is 0 Å². The summed E-state index contributed by atoms with van der Waals surface area (Å²) in [6.07, 6.45) is 0. The number of hydrogen-bond acceptors (Lipinski definition) is 2. The van der Waals surface area contributed by atoms with Gasteiger partial charge in [-0.2, -0.15) is 0 Å². The number of rotatable bonds is 1. The van der Waals surface area contributed by atoms with Gasteiger partial charge in [-0.1, -0.05) is 0 Å². The van der Waals surface area contributed by atoms with Crippen molar-refractivity contribution in [1.82, 2.24) is 0 Å². The van der Waals surface area contributed by atoms with Gasteiger partial charge in [0.05, 0.1) is 0 Å². The summed E-state index contributed by atoms with van der Waals surface area (Å²) in [5, 5.41) is 2.50. The summed E-state index contributed by atoms with van der Waals surface area (Å²) in [4.78, 5) is 1.28. The molecular formula is C9H7ClOS. The second-order valence-corrected chi connectivity index (χ2v) is 4.04. The van der Waals surface area contributed by atoms with Crippen molar-refractivity contribution in [1.29, 1.82) is 0 Å². The van der Waals surface area contributed by atoms with E-state index in [1.807, 2.05) is 6.07 Å². The average Bonchev–Trinajstić information content (AvgIpc) is 2.58. The van der Waals surface area contributed by atoms with Gasteiger partial charge in [0, 0.05) is 15.8 Å². The summed E-state index contributed by atoms with van der Waals surface area (Å²) in [6, 6.07) is 5.72. The van der Waals surface area contributed by atoms with Gasteiger partial charge in [0.2, 0.25) is 0 Å². The Bertz CT molecular complexity index is 350. The minimum atomic E-state index is 0.439. The molecule has 0 aliphatic carbocycles. The van der Waals surface area contributed by atoms with E-state index in [-0.39, 0.29) is 0 Å². The molecule has 2 rings (SSSR count). The zero-order valence-electron chi connectivity index (χ0n) is 6.50. The topological polar surface area (TPSA) is 13.1 Å². The monoisotopic (exact) mass is 198 g/mol. The SMILES string of the molecule is Cc1cc(-c2ccc(Cl)o2)cs1. The Balaban J connectivity index is 2.43. The summed E-state index contributed by atoms with van der Waals surface area (Å²) in [5.74, 6) is 0.837. The molecule has 0 atom stereocenters. The molecule has 0 N–H and O–H groups in total. The van der Waals surface area contributed by atoms with Gasteiger partial charge in [0.25, 0.3) is 0 Å². The molecule has 2 aromatic heterocycles. The fourth-order valence-corrected chi connectivity index (χ4v) is 1.88. The fraction of sp³-hybridized carbons (Fsp3) is 0.111. The lowest BCUT2D eigenvalue weighted by atomic mass is 10.2. The molecule has 0 radical (unpaired) electrons. The van der Waals surface area contributed by atoms with E-state index in [0.29, 0.717) is 5.22 Å². The Morgan fingerprint density at radius 3 is 2.75 bits per heavy atom. The van der Waals surface area contributed by atoms with Crippen molar-refractivity contribution in [3.05, 3.63) is 33.7 Å². The van der Waals surface area contributed by atoms with E-state index in [9.17, 15) is 0 Å². The molecule has 2 aromatic rings. The van der Waals surface area contributed by atoms with Crippen LogP contribution in [0.2, 0.25) is 5.22 Å². The molecule has 12 heavy (non-hydrogen) atoms. The maximum Gasteiger partial charge on any atom is 0.193 e. The van der Waals surface area contributed by atoms with E-state index in [2.05, 4.69) is 18.4 Å². The lowest BCUT2D eigenvalue weighted by Gasteiger charge is -1.87. The van der Waals surface area contributed by atoms with Crippen LogP contribution in [0.5, 0.6) is 0 Å². The smallest absolute Gasteiger partial charge is 0.193 e. The van der Waals surface area contributed by atoms with Crippen LogP contribution < -0.4 is 0 Å². The van der Waals surface area contributed by atoms with Crippen molar-refractivity contribution in [3.63, 3.8) is 0 Å². The first-order valence-electron chi connectivity index (χ1n) is 3.56. The van der Waals surface area contributed by atoms with Gasteiger partial charge in [-0.05, 0) is 36.7 Å². The third-order valence-electron chi connectivity index (χ3n) is 1.59. The van der Waals surface area contributed by atoms with Crippen LogP contribution in [-0.2, 0) is 0 Å². The van der Waals surface area contributed by atoms with Gasteiger partial charge >= 0.3 is 0 Å².